The number of hydrogen-bond acceptors (Lipinski definition) is 3. The van der Waals surface area contributed by atoms with Gasteiger partial charge in [0.2, 0.25) is 0 Å². The van der Waals surface area contributed by atoms with E-state index in [-0.39, 0.29) is 11.9 Å². The Morgan fingerprint density at radius 1 is 1.50 bits per heavy atom. The molecule has 1 atom stereocenters. The Morgan fingerprint density at radius 3 is 3.00 bits per heavy atom. The van der Waals surface area contributed by atoms with Gasteiger partial charge in [0.15, 0.2) is 0 Å². The van der Waals surface area contributed by atoms with Gasteiger partial charge in [-0.25, -0.2) is 0 Å². The number of thiol groups is 1. The van der Waals surface area contributed by atoms with E-state index < -0.39 is 0 Å². The van der Waals surface area contributed by atoms with E-state index in [1.54, 1.807) is 6.20 Å². The first-order valence-corrected chi connectivity index (χ1v) is 6.45. The molecular formula is C14H16N2OS. The SMILES string of the molecule is CCC(C)NC(=O)c1cnc2c(S)cccc2c1. The van der Waals surface area contributed by atoms with Crippen molar-refractivity contribution in [2.75, 3.05) is 0 Å². The maximum absolute atomic E-state index is 12.0. The molecule has 1 aromatic carbocycles. The Labute approximate surface area is 112 Å². The highest BCUT2D eigenvalue weighted by Crippen LogP contribution is 2.20. The van der Waals surface area contributed by atoms with Gasteiger partial charge in [-0.15, -0.1) is 12.6 Å². The average molecular weight is 260 g/mol. The highest BCUT2D eigenvalue weighted by molar-refractivity contribution is 7.80. The van der Waals surface area contributed by atoms with Crippen molar-refractivity contribution in [2.45, 2.75) is 31.2 Å². The van der Waals surface area contributed by atoms with Gasteiger partial charge in [-0.05, 0) is 25.5 Å². The average Bonchev–Trinajstić information content (AvgIpc) is 2.38. The van der Waals surface area contributed by atoms with Crippen molar-refractivity contribution in [1.82, 2.24) is 10.3 Å². The molecule has 0 aliphatic carbocycles. The Balaban J connectivity index is 2.33. The van der Waals surface area contributed by atoms with Crippen LogP contribution in [-0.2, 0) is 0 Å². The third kappa shape index (κ3) is 2.64. The van der Waals surface area contributed by atoms with Crippen LogP contribution >= 0.6 is 12.6 Å². The molecule has 0 aliphatic heterocycles. The number of hydrogen-bond donors (Lipinski definition) is 2. The minimum atomic E-state index is -0.0803. The summed E-state index contributed by atoms with van der Waals surface area (Å²) in [6.07, 6.45) is 2.51. The molecule has 2 aromatic rings. The fourth-order valence-electron chi connectivity index (χ4n) is 1.68. The molecule has 1 aromatic heterocycles. The van der Waals surface area contributed by atoms with Gasteiger partial charge in [0.25, 0.3) is 5.91 Å². The molecule has 0 bridgehead atoms. The van der Waals surface area contributed by atoms with E-state index in [4.69, 9.17) is 0 Å². The van der Waals surface area contributed by atoms with Gasteiger partial charge < -0.3 is 5.32 Å². The quantitative estimate of drug-likeness (QED) is 0.833. The molecular weight excluding hydrogens is 244 g/mol. The van der Waals surface area contributed by atoms with Crippen molar-refractivity contribution in [1.29, 1.82) is 0 Å². The number of rotatable bonds is 3. The van der Waals surface area contributed by atoms with Crippen molar-refractivity contribution in [2.24, 2.45) is 0 Å². The molecule has 1 heterocycles. The van der Waals surface area contributed by atoms with E-state index in [0.29, 0.717) is 5.56 Å². The van der Waals surface area contributed by atoms with Gasteiger partial charge in [-0.2, -0.15) is 0 Å². The molecule has 94 valence electrons. The van der Waals surface area contributed by atoms with Crippen LogP contribution in [0.2, 0.25) is 0 Å². The first-order chi connectivity index (χ1) is 8.61. The summed E-state index contributed by atoms with van der Waals surface area (Å²) in [4.78, 5) is 17.1. The first kappa shape index (κ1) is 12.9. The lowest BCUT2D eigenvalue weighted by Gasteiger charge is -2.11. The van der Waals surface area contributed by atoms with Crippen LogP contribution in [0, 0.1) is 0 Å². The van der Waals surface area contributed by atoms with Crippen LogP contribution in [-0.4, -0.2) is 16.9 Å². The normalized spacial score (nSPS) is 12.4. The highest BCUT2D eigenvalue weighted by Gasteiger charge is 2.10. The Hall–Kier alpha value is -1.55. The number of fused-ring (bicyclic) bond motifs is 1. The van der Waals surface area contributed by atoms with Crippen LogP contribution in [0.3, 0.4) is 0 Å². The number of nitrogens with one attached hydrogen (secondary N) is 1. The summed E-state index contributed by atoms with van der Waals surface area (Å²) in [5.41, 5.74) is 1.41. The van der Waals surface area contributed by atoms with Crippen LogP contribution in [0.4, 0.5) is 0 Å². The molecule has 0 spiro atoms. The predicted octanol–water partition coefficient (Wildman–Crippen LogP) is 3.05. The van der Waals surface area contributed by atoms with Crippen molar-refractivity contribution < 1.29 is 4.79 Å². The van der Waals surface area contributed by atoms with E-state index in [1.165, 1.54) is 0 Å². The monoisotopic (exact) mass is 260 g/mol. The maximum atomic E-state index is 12.0. The second-order valence-electron chi connectivity index (χ2n) is 4.36. The van der Waals surface area contributed by atoms with Gasteiger partial charge in [-0.3, -0.25) is 9.78 Å². The lowest BCUT2D eigenvalue weighted by atomic mass is 10.1. The topological polar surface area (TPSA) is 42.0 Å². The van der Waals surface area contributed by atoms with Gasteiger partial charge in [0.05, 0.1) is 11.1 Å². The lowest BCUT2D eigenvalue weighted by Crippen LogP contribution is -2.31. The standard InChI is InChI=1S/C14H16N2OS/c1-3-9(2)16-14(17)11-7-10-5-4-6-12(18)13(10)15-8-11/h4-9,18H,3H2,1-2H3,(H,16,17). The van der Waals surface area contributed by atoms with Crippen molar-refractivity contribution >= 4 is 29.4 Å². The molecule has 1 unspecified atom stereocenters. The third-order valence-electron chi connectivity index (χ3n) is 2.94. The van der Waals surface area contributed by atoms with Crippen LogP contribution < -0.4 is 5.32 Å². The zero-order chi connectivity index (χ0) is 13.1. The van der Waals surface area contributed by atoms with E-state index in [1.807, 2.05) is 38.1 Å². The summed E-state index contributed by atoms with van der Waals surface area (Å²) < 4.78 is 0. The largest absolute Gasteiger partial charge is 0.350 e. The van der Waals surface area contributed by atoms with Gasteiger partial charge in [0.1, 0.15) is 0 Å². The molecule has 0 radical (unpaired) electrons. The number of carbonyl (C=O) groups excluding carboxylic acids is 1. The van der Waals surface area contributed by atoms with Crippen LogP contribution in [0.5, 0.6) is 0 Å². The fraction of sp³-hybridized carbons (Fsp3) is 0.286. The van der Waals surface area contributed by atoms with Crippen molar-refractivity contribution in [3.05, 3.63) is 36.0 Å². The summed E-state index contributed by atoms with van der Waals surface area (Å²) in [6.45, 7) is 4.02. The van der Waals surface area contributed by atoms with Crippen LogP contribution in [0.1, 0.15) is 30.6 Å². The maximum Gasteiger partial charge on any atom is 0.253 e. The van der Waals surface area contributed by atoms with E-state index in [2.05, 4.69) is 22.9 Å². The summed E-state index contributed by atoms with van der Waals surface area (Å²) in [7, 11) is 0. The minimum absolute atomic E-state index is 0.0803. The summed E-state index contributed by atoms with van der Waals surface area (Å²) >= 11 is 4.34. The Bertz CT molecular complexity index is 583. The summed E-state index contributed by atoms with van der Waals surface area (Å²) in [6, 6.07) is 7.74. The number of pyridine rings is 1. The summed E-state index contributed by atoms with van der Waals surface area (Å²) in [5, 5.41) is 3.86. The number of nitrogens with zero attached hydrogens (tertiary/aromatic N) is 1. The van der Waals surface area contributed by atoms with E-state index in [0.717, 1.165) is 22.2 Å². The second-order valence-corrected chi connectivity index (χ2v) is 4.84. The molecule has 3 nitrogen and oxygen atoms in total. The molecule has 18 heavy (non-hydrogen) atoms. The molecule has 0 saturated heterocycles. The fourth-order valence-corrected chi connectivity index (χ4v) is 1.95. The number of benzene rings is 1. The third-order valence-corrected chi connectivity index (χ3v) is 3.30. The molecule has 0 aliphatic rings. The number of aromatic nitrogens is 1. The second kappa shape index (κ2) is 5.40. The summed E-state index contributed by atoms with van der Waals surface area (Å²) in [5.74, 6) is -0.0803. The molecule has 0 saturated carbocycles. The Kier molecular flexibility index (Phi) is 3.87. The molecule has 0 fully saturated rings. The minimum Gasteiger partial charge on any atom is -0.350 e. The zero-order valence-electron chi connectivity index (χ0n) is 10.5. The predicted molar refractivity (Wildman–Crippen MR) is 76.2 cm³/mol. The first-order valence-electron chi connectivity index (χ1n) is 6.00. The molecule has 2 rings (SSSR count). The van der Waals surface area contributed by atoms with E-state index >= 15 is 0 Å². The van der Waals surface area contributed by atoms with Gasteiger partial charge in [0, 0.05) is 22.5 Å². The number of amides is 1. The van der Waals surface area contributed by atoms with E-state index in [9.17, 15) is 4.79 Å². The zero-order valence-corrected chi connectivity index (χ0v) is 11.4. The Morgan fingerprint density at radius 2 is 2.28 bits per heavy atom. The van der Waals surface area contributed by atoms with Gasteiger partial charge >= 0.3 is 0 Å². The van der Waals surface area contributed by atoms with Crippen LogP contribution in [0.15, 0.2) is 35.4 Å². The van der Waals surface area contributed by atoms with Crippen LogP contribution in [0.25, 0.3) is 10.9 Å². The van der Waals surface area contributed by atoms with Crippen molar-refractivity contribution in [3.8, 4) is 0 Å². The smallest absolute Gasteiger partial charge is 0.253 e. The number of para-hydroxylation sites is 1. The lowest BCUT2D eigenvalue weighted by molar-refractivity contribution is 0.0939. The molecule has 1 N–H and O–H groups in total. The molecule has 4 heteroatoms. The number of carbonyl (C=O) groups is 1. The van der Waals surface area contributed by atoms with Gasteiger partial charge in [-0.1, -0.05) is 19.1 Å². The highest BCUT2D eigenvalue weighted by atomic mass is 32.1. The molecule has 1 amide bonds. The van der Waals surface area contributed by atoms with Crippen molar-refractivity contribution in [3.63, 3.8) is 0 Å².